The van der Waals surface area contributed by atoms with Crippen LogP contribution in [-0.4, -0.2) is 35.6 Å². The molecule has 0 bridgehead atoms. The Bertz CT molecular complexity index is 305. The van der Waals surface area contributed by atoms with Crippen LogP contribution >= 0.6 is 0 Å². The molecule has 0 aromatic carbocycles. The maximum atomic E-state index is 3.47. The van der Waals surface area contributed by atoms with Crippen LogP contribution in [0.5, 0.6) is 0 Å². The fraction of sp³-hybridized carbons (Fsp3) is 0.636. The molecule has 0 saturated carbocycles. The molecule has 2 rings (SSSR count). The van der Waals surface area contributed by atoms with Crippen molar-refractivity contribution in [2.75, 3.05) is 20.1 Å². The molecule has 0 radical (unpaired) electrons. The number of nitrogens with zero attached hydrogens (tertiary/aromatic N) is 2. The molecule has 1 N–H and O–H groups in total. The Kier molecular flexibility index (Phi) is 2.61. The van der Waals surface area contributed by atoms with Gasteiger partial charge in [-0.05, 0) is 25.6 Å². The van der Waals surface area contributed by atoms with E-state index in [1.54, 1.807) is 0 Å². The normalized spacial score (nSPS) is 29.4. The molecule has 1 saturated heterocycles. The van der Waals surface area contributed by atoms with E-state index in [9.17, 15) is 0 Å². The van der Waals surface area contributed by atoms with Crippen LogP contribution in [0.2, 0.25) is 0 Å². The zero-order chi connectivity index (χ0) is 10.1. The lowest BCUT2D eigenvalue weighted by Crippen LogP contribution is -2.49. The average Bonchev–Trinajstić information content (AvgIpc) is 2.57. The number of likely N-dealkylation sites (N-methyl/N-ethyl adjacent to an activating group) is 1. The third-order valence-corrected chi connectivity index (χ3v) is 3.20. The first-order valence-electron chi connectivity index (χ1n) is 5.23. The minimum absolute atomic E-state index is 0.528. The number of nitrogens with one attached hydrogen (secondary N) is 1. The van der Waals surface area contributed by atoms with Gasteiger partial charge < -0.3 is 9.88 Å². The molecule has 78 valence electrons. The Hall–Kier alpha value is -0.800. The minimum atomic E-state index is 0.528. The van der Waals surface area contributed by atoms with Crippen molar-refractivity contribution in [2.45, 2.75) is 19.0 Å². The van der Waals surface area contributed by atoms with E-state index in [1.165, 1.54) is 5.56 Å². The molecule has 1 aromatic rings. The van der Waals surface area contributed by atoms with Crippen molar-refractivity contribution in [1.82, 2.24) is 14.8 Å². The van der Waals surface area contributed by atoms with Crippen molar-refractivity contribution < 1.29 is 0 Å². The Labute approximate surface area is 85.7 Å². The molecule has 2 atom stereocenters. The highest BCUT2D eigenvalue weighted by molar-refractivity contribution is 5.17. The summed E-state index contributed by atoms with van der Waals surface area (Å²) in [6.45, 7) is 4.42. The summed E-state index contributed by atoms with van der Waals surface area (Å²) in [4.78, 5) is 2.45. The molecule has 1 aromatic heterocycles. The van der Waals surface area contributed by atoms with E-state index < -0.39 is 0 Å². The number of rotatable bonds is 1. The van der Waals surface area contributed by atoms with Gasteiger partial charge in [-0.3, -0.25) is 4.90 Å². The van der Waals surface area contributed by atoms with Crippen LogP contribution in [0.3, 0.4) is 0 Å². The van der Waals surface area contributed by atoms with Gasteiger partial charge in [-0.2, -0.15) is 0 Å². The molecule has 1 fully saturated rings. The van der Waals surface area contributed by atoms with Gasteiger partial charge in [0, 0.05) is 44.6 Å². The highest BCUT2D eigenvalue weighted by Gasteiger charge is 2.25. The number of piperazine rings is 1. The van der Waals surface area contributed by atoms with Crippen LogP contribution in [0.4, 0.5) is 0 Å². The number of hydrogen-bond acceptors (Lipinski definition) is 2. The molecule has 0 spiro atoms. The number of aromatic nitrogens is 1. The summed E-state index contributed by atoms with van der Waals surface area (Å²) in [6.07, 6.45) is 4.32. The van der Waals surface area contributed by atoms with Gasteiger partial charge in [0.1, 0.15) is 0 Å². The fourth-order valence-electron chi connectivity index (χ4n) is 2.10. The zero-order valence-corrected chi connectivity index (χ0v) is 9.20. The standard InChI is InChI=1S/C11H19N3/c1-9-6-12-7-11(14(9)3)10-4-5-13(2)8-10/h4-5,8-9,11-12H,6-7H2,1-3H3/t9-,11?/m1/s1. The molecule has 1 aliphatic rings. The van der Waals surface area contributed by atoms with E-state index in [4.69, 9.17) is 0 Å². The van der Waals surface area contributed by atoms with E-state index >= 15 is 0 Å². The van der Waals surface area contributed by atoms with Gasteiger partial charge in [0.05, 0.1) is 0 Å². The zero-order valence-electron chi connectivity index (χ0n) is 9.20. The van der Waals surface area contributed by atoms with Crippen molar-refractivity contribution in [1.29, 1.82) is 0 Å². The summed E-state index contributed by atoms with van der Waals surface area (Å²) in [5, 5.41) is 3.47. The summed E-state index contributed by atoms with van der Waals surface area (Å²) in [7, 11) is 4.28. The quantitative estimate of drug-likeness (QED) is 0.718. The van der Waals surface area contributed by atoms with Gasteiger partial charge in [-0.15, -0.1) is 0 Å². The van der Waals surface area contributed by atoms with Gasteiger partial charge in [0.15, 0.2) is 0 Å². The van der Waals surface area contributed by atoms with Crippen LogP contribution in [0.25, 0.3) is 0 Å². The Morgan fingerprint density at radius 2 is 2.14 bits per heavy atom. The van der Waals surface area contributed by atoms with E-state index in [-0.39, 0.29) is 0 Å². The maximum Gasteiger partial charge on any atom is 0.0487 e. The summed E-state index contributed by atoms with van der Waals surface area (Å²) < 4.78 is 2.11. The van der Waals surface area contributed by atoms with Gasteiger partial charge in [0.25, 0.3) is 0 Å². The first-order valence-corrected chi connectivity index (χ1v) is 5.23. The van der Waals surface area contributed by atoms with Gasteiger partial charge in [-0.25, -0.2) is 0 Å². The van der Waals surface area contributed by atoms with Crippen LogP contribution in [-0.2, 0) is 7.05 Å². The lowest BCUT2D eigenvalue weighted by molar-refractivity contribution is 0.141. The predicted octanol–water partition coefficient (Wildman–Crippen LogP) is 0.990. The van der Waals surface area contributed by atoms with Crippen LogP contribution in [0, 0.1) is 0 Å². The molecular formula is C11H19N3. The molecule has 0 amide bonds. The molecule has 1 aliphatic heterocycles. The highest BCUT2D eigenvalue weighted by atomic mass is 15.2. The Morgan fingerprint density at radius 3 is 2.79 bits per heavy atom. The third-order valence-electron chi connectivity index (χ3n) is 3.20. The van der Waals surface area contributed by atoms with Crippen molar-refractivity contribution >= 4 is 0 Å². The van der Waals surface area contributed by atoms with Gasteiger partial charge >= 0.3 is 0 Å². The summed E-state index contributed by atoms with van der Waals surface area (Å²) in [5.74, 6) is 0. The molecule has 3 heteroatoms. The van der Waals surface area contributed by atoms with Gasteiger partial charge in [0.2, 0.25) is 0 Å². The topological polar surface area (TPSA) is 20.2 Å². The molecule has 2 heterocycles. The first kappa shape index (κ1) is 9.74. The molecule has 14 heavy (non-hydrogen) atoms. The SMILES string of the molecule is C[C@@H]1CNCC(c2ccn(C)c2)N1C. The summed E-state index contributed by atoms with van der Waals surface area (Å²) in [5.41, 5.74) is 1.41. The molecule has 1 unspecified atom stereocenters. The van der Waals surface area contributed by atoms with Crippen molar-refractivity contribution in [2.24, 2.45) is 7.05 Å². The second kappa shape index (κ2) is 3.75. The second-order valence-electron chi connectivity index (χ2n) is 4.30. The van der Waals surface area contributed by atoms with Crippen LogP contribution in [0.15, 0.2) is 18.5 Å². The maximum absolute atomic E-state index is 3.47. The lowest BCUT2D eigenvalue weighted by atomic mass is 10.0. The van der Waals surface area contributed by atoms with Crippen LogP contribution < -0.4 is 5.32 Å². The number of aryl methyl sites for hydroxylation is 1. The minimum Gasteiger partial charge on any atom is -0.357 e. The monoisotopic (exact) mass is 193 g/mol. The Morgan fingerprint density at radius 1 is 1.36 bits per heavy atom. The van der Waals surface area contributed by atoms with Crippen molar-refractivity contribution in [3.63, 3.8) is 0 Å². The Balaban J connectivity index is 2.17. The summed E-state index contributed by atoms with van der Waals surface area (Å²) >= 11 is 0. The summed E-state index contributed by atoms with van der Waals surface area (Å²) in [6, 6.07) is 3.36. The van der Waals surface area contributed by atoms with Crippen molar-refractivity contribution in [3.05, 3.63) is 24.0 Å². The van der Waals surface area contributed by atoms with E-state index in [1.807, 2.05) is 0 Å². The first-order chi connectivity index (χ1) is 6.68. The second-order valence-corrected chi connectivity index (χ2v) is 4.30. The number of hydrogen-bond donors (Lipinski definition) is 1. The highest BCUT2D eigenvalue weighted by Crippen LogP contribution is 2.23. The predicted molar refractivity (Wildman–Crippen MR) is 58.2 cm³/mol. The smallest absolute Gasteiger partial charge is 0.0487 e. The molecule has 3 nitrogen and oxygen atoms in total. The van der Waals surface area contributed by atoms with E-state index in [0.29, 0.717) is 12.1 Å². The van der Waals surface area contributed by atoms with Crippen molar-refractivity contribution in [3.8, 4) is 0 Å². The fourth-order valence-corrected chi connectivity index (χ4v) is 2.10. The third kappa shape index (κ3) is 1.70. The van der Waals surface area contributed by atoms with E-state index in [2.05, 4.69) is 54.3 Å². The van der Waals surface area contributed by atoms with E-state index in [0.717, 1.165) is 13.1 Å². The lowest BCUT2D eigenvalue weighted by Gasteiger charge is -2.38. The molecule has 0 aliphatic carbocycles. The largest absolute Gasteiger partial charge is 0.357 e. The molecular weight excluding hydrogens is 174 g/mol. The average molecular weight is 193 g/mol. The van der Waals surface area contributed by atoms with Gasteiger partial charge in [-0.1, -0.05) is 0 Å². The van der Waals surface area contributed by atoms with Crippen LogP contribution in [0.1, 0.15) is 18.5 Å².